The van der Waals surface area contributed by atoms with Crippen molar-refractivity contribution in [2.45, 2.75) is 33.1 Å². The molecule has 39 heavy (non-hydrogen) atoms. The smallest absolute Gasteiger partial charge is 0.227 e. The fourth-order valence-electron chi connectivity index (χ4n) is 5.26. The average molecular weight is 516 g/mol. The Morgan fingerprint density at radius 1 is 1.13 bits per heavy atom. The standard InChI is InChI=1S/C33H33N5O/c1-3-21(15-25(18-34)37-33(39)22-10-11-22)24-16-29-27(12-13-35-32(29)36-19-24)31-17-28-26(8-5-9-30(28)38-31)23-7-4-6-20(2)14-23/h4-9,12,14-19,22,38H,3,10-11,13,34H2,1-2H3,(H,35,36)(H,37,39)/b21-15+,25-18+. The van der Waals surface area contributed by atoms with Gasteiger partial charge in [0.15, 0.2) is 0 Å². The Labute approximate surface area is 228 Å². The molecule has 2 aliphatic rings. The second kappa shape index (κ2) is 10.3. The molecule has 1 amide bonds. The summed E-state index contributed by atoms with van der Waals surface area (Å²) >= 11 is 0. The Hall–Kier alpha value is -4.58. The van der Waals surface area contributed by atoms with Gasteiger partial charge in [0.05, 0.1) is 5.70 Å². The Balaban J connectivity index is 1.37. The van der Waals surface area contributed by atoms with Crippen molar-refractivity contribution in [2.75, 3.05) is 11.9 Å². The molecule has 2 aromatic carbocycles. The number of aromatic amines is 1. The number of aromatic nitrogens is 2. The number of aryl methyl sites for hydroxylation is 1. The van der Waals surface area contributed by atoms with E-state index in [9.17, 15) is 4.79 Å². The molecule has 5 N–H and O–H groups in total. The molecule has 6 nitrogen and oxygen atoms in total. The minimum atomic E-state index is 0.0419. The summed E-state index contributed by atoms with van der Waals surface area (Å²) in [6.45, 7) is 4.93. The number of H-pyrrole nitrogens is 1. The first-order valence-electron chi connectivity index (χ1n) is 13.6. The lowest BCUT2D eigenvalue weighted by Gasteiger charge is -2.19. The third-order valence-electron chi connectivity index (χ3n) is 7.51. The van der Waals surface area contributed by atoms with E-state index >= 15 is 0 Å². The average Bonchev–Trinajstić information content (AvgIpc) is 3.73. The number of carbonyl (C=O) groups is 1. The van der Waals surface area contributed by atoms with E-state index in [1.807, 2.05) is 12.3 Å². The first-order chi connectivity index (χ1) is 19.0. The molecule has 1 fully saturated rings. The number of nitrogens with one attached hydrogen (secondary N) is 3. The van der Waals surface area contributed by atoms with Crippen LogP contribution in [0.25, 0.3) is 33.2 Å². The van der Waals surface area contributed by atoms with Crippen molar-refractivity contribution in [1.29, 1.82) is 0 Å². The van der Waals surface area contributed by atoms with Gasteiger partial charge in [-0.2, -0.15) is 0 Å². The lowest BCUT2D eigenvalue weighted by Crippen LogP contribution is -2.24. The molecule has 1 aliphatic carbocycles. The van der Waals surface area contributed by atoms with Gasteiger partial charge in [-0.05, 0) is 72.7 Å². The molecule has 3 heterocycles. The number of fused-ring (bicyclic) bond motifs is 2. The van der Waals surface area contributed by atoms with Gasteiger partial charge < -0.3 is 21.4 Å². The van der Waals surface area contributed by atoms with Crippen LogP contribution in [0.2, 0.25) is 0 Å². The zero-order valence-corrected chi connectivity index (χ0v) is 22.3. The normalized spacial score (nSPS) is 15.5. The number of rotatable bonds is 7. The number of hydrogen-bond donors (Lipinski definition) is 4. The van der Waals surface area contributed by atoms with Gasteiger partial charge in [0.2, 0.25) is 5.91 Å². The van der Waals surface area contributed by atoms with Crippen molar-refractivity contribution in [1.82, 2.24) is 15.3 Å². The number of carbonyl (C=O) groups excluding carboxylic acids is 1. The van der Waals surface area contributed by atoms with Gasteiger partial charge in [-0.15, -0.1) is 0 Å². The van der Waals surface area contributed by atoms with Crippen molar-refractivity contribution in [2.24, 2.45) is 11.7 Å². The quantitative estimate of drug-likeness (QED) is 0.211. The van der Waals surface area contributed by atoms with Gasteiger partial charge in [0.25, 0.3) is 0 Å². The van der Waals surface area contributed by atoms with Gasteiger partial charge in [-0.25, -0.2) is 4.98 Å². The Morgan fingerprint density at radius 3 is 2.74 bits per heavy atom. The van der Waals surface area contributed by atoms with Gasteiger partial charge >= 0.3 is 0 Å². The fourth-order valence-corrected chi connectivity index (χ4v) is 5.26. The van der Waals surface area contributed by atoms with Crippen LogP contribution in [0.1, 0.15) is 48.6 Å². The highest BCUT2D eigenvalue weighted by Crippen LogP contribution is 2.37. The molecule has 6 rings (SSSR count). The number of nitrogens with two attached hydrogens (primary N) is 1. The van der Waals surface area contributed by atoms with Crippen LogP contribution in [0.3, 0.4) is 0 Å². The summed E-state index contributed by atoms with van der Waals surface area (Å²) in [5, 5.41) is 7.58. The highest BCUT2D eigenvalue weighted by Gasteiger charge is 2.29. The summed E-state index contributed by atoms with van der Waals surface area (Å²) in [5.74, 6) is 1.02. The maximum atomic E-state index is 12.3. The third-order valence-corrected chi connectivity index (χ3v) is 7.51. The second-order valence-electron chi connectivity index (χ2n) is 10.3. The molecule has 0 spiro atoms. The van der Waals surface area contributed by atoms with Crippen LogP contribution < -0.4 is 16.4 Å². The number of benzene rings is 2. The van der Waals surface area contributed by atoms with E-state index in [1.54, 1.807) is 0 Å². The highest BCUT2D eigenvalue weighted by molar-refractivity contribution is 5.99. The highest BCUT2D eigenvalue weighted by atomic mass is 16.2. The van der Waals surface area contributed by atoms with Crippen LogP contribution in [0, 0.1) is 12.8 Å². The number of allylic oxidation sites excluding steroid dienone is 2. The molecule has 0 saturated heterocycles. The Morgan fingerprint density at radius 2 is 1.97 bits per heavy atom. The molecular formula is C33H33N5O. The molecule has 0 bridgehead atoms. The van der Waals surface area contributed by atoms with Crippen LogP contribution in [0.4, 0.5) is 5.82 Å². The molecule has 196 valence electrons. The van der Waals surface area contributed by atoms with Gasteiger partial charge in [-0.1, -0.05) is 55.0 Å². The van der Waals surface area contributed by atoms with Crippen LogP contribution in [-0.4, -0.2) is 22.4 Å². The van der Waals surface area contributed by atoms with Crippen LogP contribution in [0.5, 0.6) is 0 Å². The number of pyridine rings is 1. The number of anilines is 1. The molecule has 2 aromatic heterocycles. The van der Waals surface area contributed by atoms with E-state index in [0.29, 0.717) is 12.2 Å². The fraction of sp³-hybridized carbons (Fsp3) is 0.212. The number of amides is 1. The number of nitrogens with zero attached hydrogens (tertiary/aromatic N) is 1. The minimum Gasteiger partial charge on any atom is -0.403 e. The zero-order chi connectivity index (χ0) is 26.9. The second-order valence-corrected chi connectivity index (χ2v) is 10.3. The van der Waals surface area contributed by atoms with Gasteiger partial charge in [0, 0.05) is 52.6 Å². The molecule has 4 aromatic rings. The summed E-state index contributed by atoms with van der Waals surface area (Å²) < 4.78 is 0. The monoisotopic (exact) mass is 515 g/mol. The molecule has 0 radical (unpaired) electrons. The molecule has 1 aliphatic heterocycles. The van der Waals surface area contributed by atoms with Crippen molar-refractivity contribution >= 4 is 33.8 Å². The predicted octanol–water partition coefficient (Wildman–Crippen LogP) is 6.52. The molecule has 0 atom stereocenters. The number of hydrogen-bond acceptors (Lipinski definition) is 4. The Kier molecular flexibility index (Phi) is 6.53. The van der Waals surface area contributed by atoms with Gasteiger partial charge in [-0.3, -0.25) is 4.79 Å². The summed E-state index contributed by atoms with van der Waals surface area (Å²) in [7, 11) is 0. The lowest BCUT2D eigenvalue weighted by atomic mass is 9.95. The van der Waals surface area contributed by atoms with E-state index in [1.165, 1.54) is 28.3 Å². The molecule has 6 heteroatoms. The SMILES string of the molecule is CC/C(=C\C(=C/N)NC(=O)C1CC1)c1cnc2c(c1)C(c1cc3c(-c4cccc(C)c4)cccc3[nH]1)=CCN2. The summed E-state index contributed by atoms with van der Waals surface area (Å²) in [4.78, 5) is 20.8. The van der Waals surface area contributed by atoms with E-state index in [4.69, 9.17) is 10.7 Å². The zero-order valence-electron chi connectivity index (χ0n) is 22.3. The largest absolute Gasteiger partial charge is 0.403 e. The van der Waals surface area contributed by atoms with Gasteiger partial charge in [0.1, 0.15) is 5.82 Å². The molecular weight excluding hydrogens is 482 g/mol. The summed E-state index contributed by atoms with van der Waals surface area (Å²) in [5.41, 5.74) is 16.6. The van der Waals surface area contributed by atoms with E-state index in [2.05, 4.69) is 90.1 Å². The maximum absolute atomic E-state index is 12.3. The minimum absolute atomic E-state index is 0.0419. The lowest BCUT2D eigenvalue weighted by molar-refractivity contribution is -0.121. The molecule has 0 unspecified atom stereocenters. The van der Waals surface area contributed by atoms with Crippen LogP contribution in [-0.2, 0) is 4.79 Å². The van der Waals surface area contributed by atoms with E-state index in [0.717, 1.165) is 58.6 Å². The van der Waals surface area contributed by atoms with Crippen molar-refractivity contribution < 1.29 is 4.79 Å². The Bertz CT molecular complexity index is 1670. The molecule has 1 saturated carbocycles. The maximum Gasteiger partial charge on any atom is 0.227 e. The first kappa shape index (κ1) is 24.7. The van der Waals surface area contributed by atoms with Crippen molar-refractivity contribution in [3.63, 3.8) is 0 Å². The van der Waals surface area contributed by atoms with Crippen LogP contribution in [0.15, 0.2) is 84.8 Å². The van der Waals surface area contributed by atoms with Crippen molar-refractivity contribution in [3.8, 4) is 11.1 Å². The van der Waals surface area contributed by atoms with Crippen molar-refractivity contribution in [3.05, 3.63) is 107 Å². The van der Waals surface area contributed by atoms with E-state index < -0.39 is 0 Å². The first-order valence-corrected chi connectivity index (χ1v) is 13.6. The summed E-state index contributed by atoms with van der Waals surface area (Å²) in [6, 6.07) is 19.5. The predicted molar refractivity (Wildman–Crippen MR) is 160 cm³/mol. The summed E-state index contributed by atoms with van der Waals surface area (Å²) in [6.07, 6.45) is 10.2. The van der Waals surface area contributed by atoms with E-state index in [-0.39, 0.29) is 11.8 Å². The topological polar surface area (TPSA) is 95.8 Å². The third kappa shape index (κ3) is 4.98. The van der Waals surface area contributed by atoms with Crippen LogP contribution >= 0.6 is 0 Å².